The maximum absolute atomic E-state index is 12.8. The van der Waals surface area contributed by atoms with Gasteiger partial charge in [0.05, 0.1) is 39.5 Å². The zero-order chi connectivity index (χ0) is 22.4. The quantitative estimate of drug-likeness (QED) is 0.556. The Bertz CT molecular complexity index is 1000. The maximum Gasteiger partial charge on any atom is 0.255 e. The number of hydrogen-bond acceptors (Lipinski definition) is 8. The largest absolute Gasteiger partial charge is 0.394 e. The fourth-order valence-corrected chi connectivity index (χ4v) is 5.20. The molecule has 4 rings (SSSR count). The van der Waals surface area contributed by atoms with Gasteiger partial charge < -0.3 is 15.3 Å². The van der Waals surface area contributed by atoms with Gasteiger partial charge in [-0.15, -0.1) is 22.7 Å². The lowest BCUT2D eigenvalue weighted by Gasteiger charge is -2.34. The fraction of sp³-hybridized carbons (Fsp3) is 0.455. The molecular formula is C22H29N5O2S2. The smallest absolute Gasteiger partial charge is 0.255 e. The van der Waals surface area contributed by atoms with Gasteiger partial charge in [-0.05, 0) is 45.2 Å². The van der Waals surface area contributed by atoms with Crippen LogP contribution in [-0.2, 0) is 0 Å². The van der Waals surface area contributed by atoms with Gasteiger partial charge >= 0.3 is 0 Å². The minimum atomic E-state index is -0.0957. The number of hydrogen-bond donors (Lipinski definition) is 2. The van der Waals surface area contributed by atoms with E-state index in [1.807, 2.05) is 33.1 Å². The number of thiazole rings is 2. The molecule has 1 fully saturated rings. The molecule has 2 N–H and O–H groups in total. The number of rotatable bonds is 5. The predicted molar refractivity (Wildman–Crippen MR) is 127 cm³/mol. The normalized spacial score (nSPS) is 15.9. The summed E-state index contributed by atoms with van der Waals surface area (Å²) >= 11 is 3.14. The third kappa shape index (κ3) is 5.47. The summed E-state index contributed by atoms with van der Waals surface area (Å²) in [5.41, 5.74) is 2.43. The van der Waals surface area contributed by atoms with Crippen LogP contribution in [0.15, 0.2) is 23.7 Å². The van der Waals surface area contributed by atoms with Crippen LogP contribution in [0.4, 0.5) is 10.9 Å². The predicted octanol–water partition coefficient (Wildman–Crippen LogP) is 5.04. The first-order valence-electron chi connectivity index (χ1n) is 10.6. The molecule has 1 amide bonds. The first-order chi connectivity index (χ1) is 15.0. The summed E-state index contributed by atoms with van der Waals surface area (Å²) in [6, 6.07) is 3.46. The van der Waals surface area contributed by atoms with Crippen LogP contribution in [0.5, 0.6) is 0 Å². The molecule has 1 aliphatic rings. The lowest BCUT2D eigenvalue weighted by molar-refractivity contribution is 0.0502. The van der Waals surface area contributed by atoms with Crippen molar-refractivity contribution in [2.24, 2.45) is 0 Å². The van der Waals surface area contributed by atoms with Crippen molar-refractivity contribution < 1.29 is 9.90 Å². The second-order valence-electron chi connectivity index (χ2n) is 7.07. The summed E-state index contributed by atoms with van der Waals surface area (Å²) in [6.45, 7) is 8.67. The van der Waals surface area contributed by atoms with Crippen molar-refractivity contribution >= 4 is 39.5 Å². The number of nitrogens with one attached hydrogen (secondary N) is 1. The van der Waals surface area contributed by atoms with E-state index in [1.54, 1.807) is 34.6 Å². The highest BCUT2D eigenvalue weighted by Crippen LogP contribution is 2.32. The minimum absolute atomic E-state index is 0.00392. The summed E-state index contributed by atoms with van der Waals surface area (Å²) < 4.78 is 0. The molecule has 3 aromatic rings. The van der Waals surface area contributed by atoms with Crippen LogP contribution in [0.3, 0.4) is 0 Å². The Kier molecular flexibility index (Phi) is 8.11. The van der Waals surface area contributed by atoms with Crippen LogP contribution in [0.1, 0.15) is 54.2 Å². The molecule has 166 valence electrons. The van der Waals surface area contributed by atoms with E-state index >= 15 is 0 Å². The number of aliphatic hydroxyl groups is 1. The number of likely N-dealkylation sites (tertiary alicyclic amines) is 1. The summed E-state index contributed by atoms with van der Waals surface area (Å²) in [6.07, 6.45) is 4.45. The molecule has 3 aromatic heterocycles. The van der Waals surface area contributed by atoms with Gasteiger partial charge in [0.25, 0.3) is 5.91 Å². The number of nitrogens with zero attached hydrogens (tertiary/aromatic N) is 4. The SMILES string of the molecule is CC.Cc1nc(C)c(-c2csc(Nc3ccc(C(=O)N4CCCCC4CO)cn3)n2)s1. The lowest BCUT2D eigenvalue weighted by Crippen LogP contribution is -2.45. The molecule has 0 spiro atoms. The van der Waals surface area contributed by atoms with Gasteiger partial charge in [0.1, 0.15) is 5.82 Å². The van der Waals surface area contributed by atoms with Gasteiger partial charge in [0.2, 0.25) is 0 Å². The van der Waals surface area contributed by atoms with Crippen molar-refractivity contribution in [3.05, 3.63) is 40.0 Å². The van der Waals surface area contributed by atoms with E-state index in [4.69, 9.17) is 0 Å². The molecule has 1 saturated heterocycles. The number of anilines is 2. The first kappa shape index (κ1) is 23.3. The topological polar surface area (TPSA) is 91.2 Å². The molecule has 0 bridgehead atoms. The van der Waals surface area contributed by atoms with Crippen molar-refractivity contribution in [2.45, 2.75) is 53.0 Å². The van der Waals surface area contributed by atoms with Gasteiger partial charge in [-0.1, -0.05) is 13.8 Å². The van der Waals surface area contributed by atoms with Gasteiger partial charge in [-0.25, -0.2) is 15.0 Å². The highest BCUT2D eigenvalue weighted by molar-refractivity contribution is 7.16. The minimum Gasteiger partial charge on any atom is -0.394 e. The second-order valence-corrected chi connectivity index (χ2v) is 9.13. The number of aryl methyl sites for hydroxylation is 2. The average molecular weight is 460 g/mol. The van der Waals surface area contributed by atoms with Gasteiger partial charge in [0, 0.05) is 18.1 Å². The third-order valence-electron chi connectivity index (χ3n) is 4.98. The molecule has 9 heteroatoms. The molecule has 0 aromatic carbocycles. The molecule has 0 saturated carbocycles. The Morgan fingerprint density at radius 1 is 1.26 bits per heavy atom. The van der Waals surface area contributed by atoms with Crippen molar-refractivity contribution in [3.63, 3.8) is 0 Å². The van der Waals surface area contributed by atoms with Crippen LogP contribution in [0, 0.1) is 13.8 Å². The fourth-order valence-electron chi connectivity index (χ4n) is 3.53. The van der Waals surface area contributed by atoms with E-state index in [1.165, 1.54) is 11.3 Å². The number of piperidine rings is 1. The number of pyridine rings is 1. The van der Waals surface area contributed by atoms with Gasteiger partial charge in [-0.2, -0.15) is 0 Å². The molecule has 31 heavy (non-hydrogen) atoms. The highest BCUT2D eigenvalue weighted by Gasteiger charge is 2.27. The van der Waals surface area contributed by atoms with Crippen LogP contribution >= 0.6 is 22.7 Å². The molecule has 0 aliphatic carbocycles. The molecule has 1 aliphatic heterocycles. The Balaban J connectivity index is 0.00000132. The monoisotopic (exact) mass is 459 g/mol. The molecule has 7 nitrogen and oxygen atoms in total. The Morgan fingerprint density at radius 2 is 2.06 bits per heavy atom. The maximum atomic E-state index is 12.8. The molecule has 4 heterocycles. The van der Waals surface area contributed by atoms with Crippen molar-refractivity contribution in [1.82, 2.24) is 19.9 Å². The number of aromatic nitrogens is 3. The van der Waals surface area contributed by atoms with Crippen LogP contribution in [0.2, 0.25) is 0 Å². The first-order valence-corrected chi connectivity index (χ1v) is 12.3. The van der Waals surface area contributed by atoms with E-state index in [0.717, 1.165) is 45.7 Å². The molecular weight excluding hydrogens is 430 g/mol. The second kappa shape index (κ2) is 10.8. The molecule has 0 radical (unpaired) electrons. The zero-order valence-corrected chi connectivity index (χ0v) is 20.0. The van der Waals surface area contributed by atoms with Crippen LogP contribution < -0.4 is 5.32 Å². The van der Waals surface area contributed by atoms with Crippen LogP contribution in [-0.4, -0.2) is 50.1 Å². The van der Waals surface area contributed by atoms with Crippen molar-refractivity contribution in [3.8, 4) is 10.6 Å². The Hall–Kier alpha value is -2.36. The lowest BCUT2D eigenvalue weighted by atomic mass is 10.0. The summed E-state index contributed by atoms with van der Waals surface area (Å²) in [7, 11) is 0. The number of amides is 1. The number of carbonyl (C=O) groups is 1. The van der Waals surface area contributed by atoms with Gasteiger partial charge in [0.15, 0.2) is 5.13 Å². The van der Waals surface area contributed by atoms with Crippen LogP contribution in [0.25, 0.3) is 10.6 Å². The highest BCUT2D eigenvalue weighted by atomic mass is 32.1. The summed E-state index contributed by atoms with van der Waals surface area (Å²) in [5.74, 6) is 0.562. The van der Waals surface area contributed by atoms with Crippen molar-refractivity contribution in [1.29, 1.82) is 0 Å². The van der Waals surface area contributed by atoms with E-state index < -0.39 is 0 Å². The Morgan fingerprint density at radius 3 is 2.71 bits per heavy atom. The average Bonchev–Trinajstić information content (AvgIpc) is 3.40. The summed E-state index contributed by atoms with van der Waals surface area (Å²) in [4.78, 5) is 29.1. The Labute approximate surface area is 191 Å². The summed E-state index contributed by atoms with van der Waals surface area (Å²) in [5, 5.41) is 16.5. The molecule has 1 unspecified atom stereocenters. The van der Waals surface area contributed by atoms with E-state index in [0.29, 0.717) is 17.9 Å². The number of aliphatic hydroxyl groups excluding tert-OH is 1. The third-order valence-corrected chi connectivity index (χ3v) is 6.84. The standard InChI is InChI=1S/C20H23N5O2S2.C2H6/c1-12-18(29-13(2)22-12)16-11-28-20(23-16)24-17-7-6-14(9-21-17)19(27)25-8-4-3-5-15(25)10-26;1-2/h6-7,9,11,15,26H,3-5,8,10H2,1-2H3,(H,21,23,24);1-2H3. The van der Waals surface area contributed by atoms with E-state index in [-0.39, 0.29) is 18.6 Å². The van der Waals surface area contributed by atoms with Gasteiger partial charge in [-0.3, -0.25) is 4.79 Å². The van der Waals surface area contributed by atoms with E-state index in [2.05, 4.69) is 20.3 Å². The molecule has 1 atom stereocenters. The number of carbonyl (C=O) groups excluding carboxylic acids is 1. The van der Waals surface area contributed by atoms with Crippen molar-refractivity contribution in [2.75, 3.05) is 18.5 Å². The van der Waals surface area contributed by atoms with E-state index in [9.17, 15) is 9.90 Å². The zero-order valence-electron chi connectivity index (χ0n) is 18.4.